The van der Waals surface area contributed by atoms with Crippen LogP contribution in [0.1, 0.15) is 25.3 Å². The van der Waals surface area contributed by atoms with Crippen molar-refractivity contribution in [3.8, 4) is 12.3 Å². The van der Waals surface area contributed by atoms with Gasteiger partial charge in [-0.1, -0.05) is 30.2 Å². The Morgan fingerprint density at radius 2 is 1.91 bits per heavy atom. The van der Waals surface area contributed by atoms with Crippen LogP contribution in [0.5, 0.6) is 0 Å². The molecule has 1 aliphatic heterocycles. The van der Waals surface area contributed by atoms with Gasteiger partial charge < -0.3 is 4.57 Å². The number of hydrogen-bond acceptors (Lipinski definition) is 4. The van der Waals surface area contributed by atoms with Crippen molar-refractivity contribution in [1.29, 1.82) is 0 Å². The fourth-order valence-electron chi connectivity index (χ4n) is 3.95. The number of carbonyl (C=O) groups is 1. The van der Waals surface area contributed by atoms with Crippen LogP contribution in [0.3, 0.4) is 0 Å². The minimum absolute atomic E-state index is 0.0467. The second-order valence-corrected chi connectivity index (χ2v) is 10.9. The smallest absolute Gasteiger partial charge is 0.251 e. The summed E-state index contributed by atoms with van der Waals surface area (Å²) in [4.78, 5) is 17.9. The van der Waals surface area contributed by atoms with Crippen molar-refractivity contribution in [3.05, 3.63) is 58.6 Å². The minimum Gasteiger partial charge on any atom is -0.305 e. The lowest BCUT2D eigenvalue weighted by Gasteiger charge is -2.29. The number of carbonyl (C=O) groups excluding carboxylic acids is 1. The molecule has 2 heterocycles. The first kappa shape index (κ1) is 23.4. The number of nitrogens with zero attached hydrogens (tertiary/aromatic N) is 3. The zero-order valence-corrected chi connectivity index (χ0v) is 19.8. The highest BCUT2D eigenvalue weighted by Crippen LogP contribution is 2.25. The number of benzene rings is 2. The van der Waals surface area contributed by atoms with Crippen molar-refractivity contribution in [3.63, 3.8) is 0 Å². The Bertz CT molecular complexity index is 1390. The van der Waals surface area contributed by atoms with E-state index >= 15 is 0 Å². The zero-order valence-electron chi connectivity index (χ0n) is 18.2. The highest BCUT2D eigenvalue weighted by molar-refractivity contribution is 7.89. The summed E-state index contributed by atoms with van der Waals surface area (Å²) >= 11 is 1.43. The predicted octanol–water partition coefficient (Wildman–Crippen LogP) is 3.57. The van der Waals surface area contributed by atoms with E-state index in [1.807, 2.05) is 16.7 Å². The molecule has 4 rings (SSSR count). The molecule has 1 amide bonds. The van der Waals surface area contributed by atoms with Gasteiger partial charge in [0.15, 0.2) is 4.80 Å². The normalized spacial score (nSPS) is 16.2. The summed E-state index contributed by atoms with van der Waals surface area (Å²) in [6.07, 6.45) is 7.21. The third-order valence-corrected chi connectivity index (χ3v) is 8.82. The van der Waals surface area contributed by atoms with Gasteiger partial charge in [-0.15, -0.1) is 6.42 Å². The summed E-state index contributed by atoms with van der Waals surface area (Å²) < 4.78 is 43.0. The lowest BCUT2D eigenvalue weighted by Crippen LogP contribution is -2.40. The van der Waals surface area contributed by atoms with Crippen molar-refractivity contribution in [2.24, 2.45) is 10.9 Å². The predicted molar refractivity (Wildman–Crippen MR) is 126 cm³/mol. The van der Waals surface area contributed by atoms with Crippen LogP contribution in [-0.4, -0.2) is 36.3 Å². The van der Waals surface area contributed by atoms with E-state index in [1.165, 1.54) is 33.3 Å². The Kier molecular flexibility index (Phi) is 6.79. The summed E-state index contributed by atoms with van der Waals surface area (Å²) in [6, 6.07) is 10.9. The van der Waals surface area contributed by atoms with Gasteiger partial charge in [-0.05, 0) is 61.2 Å². The molecule has 2 aromatic carbocycles. The second-order valence-electron chi connectivity index (χ2n) is 7.91. The molecule has 3 aromatic rings. The molecule has 0 aliphatic carbocycles. The van der Waals surface area contributed by atoms with Gasteiger partial charge in [0.05, 0.1) is 21.7 Å². The summed E-state index contributed by atoms with van der Waals surface area (Å²) in [5.41, 5.74) is 2.14. The first-order valence-electron chi connectivity index (χ1n) is 10.7. The van der Waals surface area contributed by atoms with Crippen molar-refractivity contribution in [2.75, 3.05) is 13.1 Å². The number of thiazole rings is 1. The first-order valence-corrected chi connectivity index (χ1v) is 13.0. The molecule has 1 fully saturated rings. The Balaban J connectivity index is 1.53. The van der Waals surface area contributed by atoms with Crippen molar-refractivity contribution < 1.29 is 17.6 Å². The van der Waals surface area contributed by atoms with E-state index in [9.17, 15) is 17.6 Å². The van der Waals surface area contributed by atoms with Gasteiger partial charge in [-0.2, -0.15) is 9.30 Å². The lowest BCUT2D eigenvalue weighted by molar-refractivity contribution is -0.122. The number of piperidine rings is 1. The van der Waals surface area contributed by atoms with Gasteiger partial charge in [0, 0.05) is 19.0 Å². The van der Waals surface area contributed by atoms with Crippen LogP contribution >= 0.6 is 11.3 Å². The molecule has 0 unspecified atom stereocenters. The number of amides is 1. The molecule has 6 nitrogen and oxygen atoms in total. The molecule has 0 bridgehead atoms. The maximum Gasteiger partial charge on any atom is 0.251 e. The van der Waals surface area contributed by atoms with Crippen molar-refractivity contribution in [2.45, 2.75) is 37.6 Å². The molecule has 0 saturated carbocycles. The molecule has 1 saturated heterocycles. The lowest BCUT2D eigenvalue weighted by atomic mass is 9.98. The Hall–Kier alpha value is -2.80. The van der Waals surface area contributed by atoms with Crippen LogP contribution in [0.15, 0.2) is 52.4 Å². The molecule has 0 spiro atoms. The molecule has 1 aliphatic rings. The first-order chi connectivity index (χ1) is 15.8. The fraction of sp³-hybridized carbons (Fsp3) is 0.333. The molecular weight excluding hydrogens is 461 g/mol. The Morgan fingerprint density at radius 3 is 2.55 bits per heavy atom. The quantitative estimate of drug-likeness (QED) is 0.519. The molecule has 0 atom stereocenters. The van der Waals surface area contributed by atoms with Crippen LogP contribution in [-0.2, 0) is 27.8 Å². The van der Waals surface area contributed by atoms with E-state index in [0.717, 1.165) is 28.8 Å². The SMILES string of the molecule is C#CCn1c(=NC(=O)C2CCN(S(=O)(=O)c3ccc(F)cc3)CC2)sc2cc(CC)ccc21. The topological polar surface area (TPSA) is 71.7 Å². The number of fused-ring (bicyclic) bond motifs is 1. The second kappa shape index (κ2) is 9.59. The van der Waals surface area contributed by atoms with Gasteiger partial charge in [-0.25, -0.2) is 12.8 Å². The van der Waals surface area contributed by atoms with Crippen LogP contribution < -0.4 is 4.80 Å². The van der Waals surface area contributed by atoms with E-state index in [-0.39, 0.29) is 29.8 Å². The maximum absolute atomic E-state index is 13.2. The number of sulfonamides is 1. The number of aromatic nitrogens is 1. The molecule has 172 valence electrons. The van der Waals surface area contributed by atoms with Gasteiger partial charge in [-0.3, -0.25) is 4.79 Å². The van der Waals surface area contributed by atoms with E-state index in [2.05, 4.69) is 23.9 Å². The third kappa shape index (κ3) is 4.78. The summed E-state index contributed by atoms with van der Waals surface area (Å²) in [5, 5.41) is 0. The van der Waals surface area contributed by atoms with Crippen LogP contribution in [0.25, 0.3) is 10.2 Å². The molecule has 0 radical (unpaired) electrons. The number of terminal acetylenes is 1. The average Bonchev–Trinajstić information content (AvgIpc) is 3.15. The monoisotopic (exact) mass is 485 g/mol. The Morgan fingerprint density at radius 1 is 1.21 bits per heavy atom. The Labute approximate surface area is 196 Å². The molecular formula is C24H24FN3O3S2. The van der Waals surface area contributed by atoms with E-state index in [4.69, 9.17) is 6.42 Å². The van der Waals surface area contributed by atoms with Crippen LogP contribution in [0.4, 0.5) is 4.39 Å². The van der Waals surface area contributed by atoms with Gasteiger partial charge >= 0.3 is 0 Å². The summed E-state index contributed by atoms with van der Waals surface area (Å²) in [6.45, 7) is 2.82. The largest absolute Gasteiger partial charge is 0.305 e. The number of hydrogen-bond donors (Lipinski definition) is 0. The van der Waals surface area contributed by atoms with Gasteiger partial charge in [0.1, 0.15) is 5.82 Å². The third-order valence-electron chi connectivity index (χ3n) is 5.87. The highest BCUT2D eigenvalue weighted by Gasteiger charge is 2.32. The number of rotatable bonds is 5. The van der Waals surface area contributed by atoms with Crippen molar-refractivity contribution >= 4 is 37.5 Å². The van der Waals surface area contributed by atoms with Gasteiger partial charge in [0.25, 0.3) is 5.91 Å². The standard InChI is InChI=1S/C24H24FN3O3S2/c1-3-13-28-21-10-5-17(4-2)16-22(21)32-24(28)26-23(29)18-11-14-27(15-12-18)33(30,31)20-8-6-19(25)7-9-20/h1,5-10,16,18H,4,11-15H2,2H3. The molecule has 33 heavy (non-hydrogen) atoms. The highest BCUT2D eigenvalue weighted by atomic mass is 32.2. The average molecular weight is 486 g/mol. The zero-order chi connectivity index (χ0) is 23.6. The maximum atomic E-state index is 13.2. The van der Waals surface area contributed by atoms with Crippen molar-refractivity contribution in [1.82, 2.24) is 8.87 Å². The minimum atomic E-state index is -3.72. The number of aryl methyl sites for hydroxylation is 1. The van der Waals surface area contributed by atoms with Gasteiger partial charge in [0.2, 0.25) is 10.0 Å². The molecule has 1 aromatic heterocycles. The number of halogens is 1. The van der Waals surface area contributed by atoms with Crippen LogP contribution in [0.2, 0.25) is 0 Å². The fourth-order valence-corrected chi connectivity index (χ4v) is 6.52. The van der Waals surface area contributed by atoms with E-state index < -0.39 is 15.8 Å². The summed E-state index contributed by atoms with van der Waals surface area (Å²) in [5.74, 6) is 1.51. The van der Waals surface area contributed by atoms with E-state index in [1.54, 1.807) is 0 Å². The molecule has 0 N–H and O–H groups in total. The summed E-state index contributed by atoms with van der Waals surface area (Å²) in [7, 11) is -3.72. The molecule has 9 heteroatoms. The van der Waals surface area contributed by atoms with Crippen LogP contribution in [0, 0.1) is 24.1 Å². The van der Waals surface area contributed by atoms with E-state index in [0.29, 0.717) is 24.2 Å².